The minimum absolute atomic E-state index is 0.179. The van der Waals surface area contributed by atoms with Crippen molar-refractivity contribution >= 4 is 5.97 Å². The number of esters is 1. The summed E-state index contributed by atoms with van der Waals surface area (Å²) < 4.78 is 5.13. The molecule has 16 heavy (non-hydrogen) atoms. The Morgan fingerprint density at radius 1 is 1.31 bits per heavy atom. The minimum atomic E-state index is -1.00. The van der Waals surface area contributed by atoms with Crippen molar-refractivity contribution in [2.24, 2.45) is 0 Å². The third-order valence-corrected chi connectivity index (χ3v) is 3.26. The second kappa shape index (κ2) is 4.72. The molecule has 1 aliphatic heterocycles. The predicted molar refractivity (Wildman–Crippen MR) is 60.1 cm³/mol. The van der Waals surface area contributed by atoms with Gasteiger partial charge >= 0.3 is 5.97 Å². The normalized spacial score (nSPS) is 30.2. The molecule has 1 atom stereocenters. The molecule has 1 saturated heterocycles. The number of unbranched alkanes of at least 4 members (excludes halogenated alkanes) is 2. The molecule has 0 saturated carbocycles. The number of nitrogens with zero attached hydrogens (tertiary/aromatic N) is 1. The first-order valence-corrected chi connectivity index (χ1v) is 5.99. The molecule has 0 spiro atoms. The first kappa shape index (κ1) is 13.5. The second-order valence-electron chi connectivity index (χ2n) is 5.41. The van der Waals surface area contributed by atoms with Gasteiger partial charge in [-0.05, 0) is 27.2 Å². The van der Waals surface area contributed by atoms with Crippen LogP contribution in [0.3, 0.4) is 0 Å². The summed E-state index contributed by atoms with van der Waals surface area (Å²) in [4.78, 5) is 11.7. The Balaban J connectivity index is 2.76. The summed E-state index contributed by atoms with van der Waals surface area (Å²) in [6, 6.07) is 0. The van der Waals surface area contributed by atoms with Gasteiger partial charge in [-0.1, -0.05) is 26.2 Å². The minimum Gasteiger partial charge on any atom is -0.462 e. The standard InChI is InChI=1S/C12H22NO3/c1-5-6-7-8-12(4)10(14)16-9-11(2,3)13(12)15/h5-9H2,1-4H3. The highest BCUT2D eigenvalue weighted by atomic mass is 16.6. The van der Waals surface area contributed by atoms with Gasteiger partial charge in [-0.2, -0.15) is 0 Å². The Morgan fingerprint density at radius 3 is 2.50 bits per heavy atom. The Labute approximate surface area is 97.5 Å². The van der Waals surface area contributed by atoms with E-state index in [4.69, 9.17) is 4.74 Å². The SMILES string of the molecule is CCCCCC1(C)C(=O)OCC(C)(C)N1[O]. The lowest BCUT2D eigenvalue weighted by Gasteiger charge is -2.46. The van der Waals surface area contributed by atoms with Crippen molar-refractivity contribution in [2.45, 2.75) is 64.5 Å². The summed E-state index contributed by atoms with van der Waals surface area (Å²) in [6.07, 6.45) is 3.58. The van der Waals surface area contributed by atoms with Gasteiger partial charge in [0.15, 0.2) is 0 Å². The largest absolute Gasteiger partial charge is 0.462 e. The van der Waals surface area contributed by atoms with E-state index in [0.29, 0.717) is 6.42 Å². The summed E-state index contributed by atoms with van der Waals surface area (Å²) in [5.41, 5.74) is -1.62. The van der Waals surface area contributed by atoms with E-state index >= 15 is 0 Å². The van der Waals surface area contributed by atoms with E-state index in [1.165, 1.54) is 0 Å². The van der Waals surface area contributed by atoms with Crippen molar-refractivity contribution < 1.29 is 14.7 Å². The highest BCUT2D eigenvalue weighted by Gasteiger charge is 2.52. The van der Waals surface area contributed by atoms with Gasteiger partial charge < -0.3 is 4.74 Å². The van der Waals surface area contributed by atoms with E-state index in [0.717, 1.165) is 24.3 Å². The molecule has 0 amide bonds. The predicted octanol–water partition coefficient (Wildman–Crippen LogP) is 2.31. The van der Waals surface area contributed by atoms with Crippen LogP contribution in [0.5, 0.6) is 0 Å². The molecule has 1 aliphatic rings. The number of hydrogen-bond acceptors (Lipinski definition) is 3. The van der Waals surface area contributed by atoms with E-state index in [1.807, 2.05) is 13.8 Å². The molecule has 0 N–H and O–H groups in total. The van der Waals surface area contributed by atoms with Crippen LogP contribution in [0.2, 0.25) is 0 Å². The number of hydrogen-bond donors (Lipinski definition) is 0. The lowest BCUT2D eigenvalue weighted by atomic mass is 9.88. The maximum absolute atomic E-state index is 12.2. The van der Waals surface area contributed by atoms with Gasteiger partial charge in [0.1, 0.15) is 12.1 Å². The van der Waals surface area contributed by atoms with E-state index in [9.17, 15) is 10.0 Å². The molecule has 1 radical (unpaired) electrons. The molecule has 1 rings (SSSR count). The third-order valence-electron chi connectivity index (χ3n) is 3.26. The van der Waals surface area contributed by atoms with E-state index in [1.54, 1.807) is 6.92 Å². The summed E-state index contributed by atoms with van der Waals surface area (Å²) >= 11 is 0. The molecule has 1 heterocycles. The third kappa shape index (κ3) is 2.38. The number of rotatable bonds is 4. The fourth-order valence-electron chi connectivity index (χ4n) is 2.13. The summed E-state index contributed by atoms with van der Waals surface area (Å²) in [6.45, 7) is 7.59. The Hall–Kier alpha value is -0.610. The van der Waals surface area contributed by atoms with Crippen LogP contribution in [0.1, 0.15) is 53.4 Å². The van der Waals surface area contributed by atoms with Crippen molar-refractivity contribution in [3.63, 3.8) is 0 Å². The molecule has 0 aromatic heterocycles. The molecule has 4 heteroatoms. The monoisotopic (exact) mass is 228 g/mol. The number of hydroxylamine groups is 2. The van der Waals surface area contributed by atoms with Crippen LogP contribution in [0.15, 0.2) is 0 Å². The van der Waals surface area contributed by atoms with Crippen LogP contribution in [-0.2, 0) is 14.7 Å². The summed E-state index contributed by atoms with van der Waals surface area (Å²) in [5.74, 6) is -0.377. The van der Waals surface area contributed by atoms with Gasteiger partial charge in [-0.25, -0.2) is 4.79 Å². The van der Waals surface area contributed by atoms with Gasteiger partial charge in [0.2, 0.25) is 0 Å². The van der Waals surface area contributed by atoms with Crippen LogP contribution in [0.4, 0.5) is 0 Å². The second-order valence-corrected chi connectivity index (χ2v) is 5.41. The molecule has 1 fully saturated rings. The van der Waals surface area contributed by atoms with Crippen LogP contribution in [0, 0.1) is 0 Å². The van der Waals surface area contributed by atoms with E-state index < -0.39 is 11.1 Å². The van der Waals surface area contributed by atoms with Crippen molar-refractivity contribution in [1.29, 1.82) is 0 Å². The average Bonchev–Trinajstić information content (AvgIpc) is 2.23. The van der Waals surface area contributed by atoms with E-state index in [-0.39, 0.29) is 12.6 Å². The lowest BCUT2D eigenvalue weighted by Crippen LogP contribution is -2.65. The van der Waals surface area contributed by atoms with Gasteiger partial charge in [-0.3, -0.25) is 0 Å². The smallest absolute Gasteiger partial charge is 0.328 e. The first-order valence-electron chi connectivity index (χ1n) is 5.99. The van der Waals surface area contributed by atoms with Crippen molar-refractivity contribution in [3.05, 3.63) is 0 Å². The molecular formula is C12H22NO3. The highest BCUT2D eigenvalue weighted by molar-refractivity contribution is 5.81. The van der Waals surface area contributed by atoms with Crippen LogP contribution >= 0.6 is 0 Å². The molecule has 0 bridgehead atoms. The summed E-state index contributed by atoms with van der Waals surface area (Å²) in [5, 5.41) is 13.1. The quantitative estimate of drug-likeness (QED) is 0.548. The van der Waals surface area contributed by atoms with Crippen LogP contribution in [-0.4, -0.2) is 28.7 Å². The fraction of sp³-hybridized carbons (Fsp3) is 0.917. The number of carbonyl (C=O) groups is 1. The number of carbonyl (C=O) groups excluding carboxylic acids is 1. The van der Waals surface area contributed by atoms with Crippen molar-refractivity contribution in [1.82, 2.24) is 5.06 Å². The topological polar surface area (TPSA) is 49.4 Å². The number of morpholine rings is 1. The Kier molecular flexibility index (Phi) is 3.97. The molecular weight excluding hydrogens is 206 g/mol. The van der Waals surface area contributed by atoms with E-state index in [2.05, 4.69) is 6.92 Å². The molecule has 93 valence electrons. The zero-order valence-corrected chi connectivity index (χ0v) is 10.7. The maximum Gasteiger partial charge on any atom is 0.328 e. The lowest BCUT2D eigenvalue weighted by molar-refractivity contribution is -0.303. The molecule has 0 aliphatic carbocycles. The fourth-order valence-corrected chi connectivity index (χ4v) is 2.13. The van der Waals surface area contributed by atoms with Gasteiger partial charge in [-0.15, -0.1) is 10.3 Å². The first-order chi connectivity index (χ1) is 7.34. The van der Waals surface area contributed by atoms with Gasteiger partial charge in [0.05, 0.1) is 5.54 Å². The molecule has 0 aromatic carbocycles. The Morgan fingerprint density at radius 2 is 1.94 bits per heavy atom. The summed E-state index contributed by atoms with van der Waals surface area (Å²) in [7, 11) is 0. The van der Waals surface area contributed by atoms with Crippen LogP contribution < -0.4 is 0 Å². The van der Waals surface area contributed by atoms with Gasteiger partial charge in [0.25, 0.3) is 0 Å². The number of ether oxygens (including phenoxy) is 1. The van der Waals surface area contributed by atoms with Crippen molar-refractivity contribution in [3.8, 4) is 0 Å². The maximum atomic E-state index is 12.2. The molecule has 1 unspecified atom stereocenters. The zero-order chi connectivity index (χ0) is 12.4. The highest BCUT2D eigenvalue weighted by Crippen LogP contribution is 2.34. The number of cyclic esters (lactones) is 1. The molecule has 0 aromatic rings. The molecule has 4 nitrogen and oxygen atoms in total. The average molecular weight is 228 g/mol. The van der Waals surface area contributed by atoms with Crippen LogP contribution in [0.25, 0.3) is 0 Å². The van der Waals surface area contributed by atoms with Crippen molar-refractivity contribution in [2.75, 3.05) is 6.61 Å². The van der Waals surface area contributed by atoms with Gasteiger partial charge in [0, 0.05) is 0 Å². The Bertz CT molecular complexity index is 265. The zero-order valence-electron chi connectivity index (χ0n) is 10.7.